The second kappa shape index (κ2) is 5.94. The molecule has 1 aromatic heterocycles. The number of amides is 1. The summed E-state index contributed by atoms with van der Waals surface area (Å²) in [5.41, 5.74) is -1.32. The molecular formula is C17H17NO4. The predicted molar refractivity (Wildman–Crippen MR) is 84.0 cm³/mol. The minimum atomic E-state index is -0.813. The number of hydrogen-bond acceptors (Lipinski definition) is 4. The van der Waals surface area contributed by atoms with Crippen LogP contribution in [-0.4, -0.2) is 18.6 Å². The molecule has 22 heavy (non-hydrogen) atoms. The number of benzene rings is 1. The van der Waals surface area contributed by atoms with Gasteiger partial charge in [-0.3, -0.25) is 4.79 Å². The summed E-state index contributed by atoms with van der Waals surface area (Å²) in [6.45, 7) is 3.57. The van der Waals surface area contributed by atoms with Gasteiger partial charge in [0.15, 0.2) is 11.3 Å². The Hall–Kier alpha value is -2.74. The SMILES string of the molecule is C#C[C@@](C)(CC)NC(=O)c1cc2cccc(OC)c2oc1=O. The molecule has 0 unspecified atom stereocenters. The molecular weight excluding hydrogens is 282 g/mol. The fourth-order valence-corrected chi connectivity index (χ4v) is 1.98. The number of rotatable bonds is 4. The minimum Gasteiger partial charge on any atom is -0.493 e. The van der Waals surface area contributed by atoms with Gasteiger partial charge in [-0.25, -0.2) is 4.79 Å². The summed E-state index contributed by atoms with van der Waals surface area (Å²) in [5, 5.41) is 3.28. The van der Waals surface area contributed by atoms with Crippen LogP contribution in [0.1, 0.15) is 30.6 Å². The molecule has 1 atom stereocenters. The van der Waals surface area contributed by atoms with Gasteiger partial charge in [0, 0.05) is 5.39 Å². The third kappa shape index (κ3) is 2.82. The van der Waals surface area contributed by atoms with E-state index in [9.17, 15) is 9.59 Å². The molecule has 1 N–H and O–H groups in total. The standard InChI is InChI=1S/C17H17NO4/c1-5-17(3,6-2)18-15(19)12-10-11-8-7-9-13(21-4)14(11)22-16(12)20/h1,7-10H,6H2,2-4H3,(H,18,19)/t17-/m0/s1. The Morgan fingerprint density at radius 1 is 1.50 bits per heavy atom. The highest BCUT2D eigenvalue weighted by Crippen LogP contribution is 2.24. The Balaban J connectivity index is 2.49. The van der Waals surface area contributed by atoms with Crippen LogP contribution in [0.3, 0.4) is 0 Å². The molecule has 0 spiro atoms. The molecule has 0 aliphatic carbocycles. The molecule has 2 rings (SSSR count). The third-order valence-electron chi connectivity index (χ3n) is 3.60. The smallest absolute Gasteiger partial charge is 0.349 e. The highest BCUT2D eigenvalue weighted by Gasteiger charge is 2.24. The summed E-state index contributed by atoms with van der Waals surface area (Å²) in [6, 6.07) is 6.64. The molecule has 0 saturated carbocycles. The first kappa shape index (κ1) is 15.6. The Morgan fingerprint density at radius 3 is 2.82 bits per heavy atom. The molecule has 2 aromatic rings. The molecule has 114 valence electrons. The zero-order chi connectivity index (χ0) is 16.3. The Labute approximate surface area is 128 Å². The van der Waals surface area contributed by atoms with Crippen molar-refractivity contribution in [2.75, 3.05) is 7.11 Å². The van der Waals surface area contributed by atoms with Crippen molar-refractivity contribution in [1.29, 1.82) is 0 Å². The fraction of sp³-hybridized carbons (Fsp3) is 0.294. The van der Waals surface area contributed by atoms with Crippen molar-refractivity contribution >= 4 is 16.9 Å². The predicted octanol–water partition coefficient (Wildman–Crippen LogP) is 2.33. The van der Waals surface area contributed by atoms with Crippen molar-refractivity contribution in [3.8, 4) is 18.1 Å². The largest absolute Gasteiger partial charge is 0.493 e. The van der Waals surface area contributed by atoms with Crippen LogP contribution in [0, 0.1) is 12.3 Å². The summed E-state index contributed by atoms with van der Waals surface area (Å²) >= 11 is 0. The van der Waals surface area contributed by atoms with Gasteiger partial charge in [-0.1, -0.05) is 25.0 Å². The van der Waals surface area contributed by atoms with Crippen LogP contribution in [0.25, 0.3) is 11.0 Å². The van der Waals surface area contributed by atoms with E-state index < -0.39 is 17.1 Å². The molecule has 0 saturated heterocycles. The summed E-state index contributed by atoms with van der Waals surface area (Å²) in [4.78, 5) is 24.4. The molecule has 0 aliphatic rings. The summed E-state index contributed by atoms with van der Waals surface area (Å²) < 4.78 is 10.4. The number of carbonyl (C=O) groups excluding carboxylic acids is 1. The molecule has 1 amide bonds. The molecule has 5 nitrogen and oxygen atoms in total. The number of methoxy groups -OCH3 is 1. The second-order valence-electron chi connectivity index (χ2n) is 5.11. The van der Waals surface area contributed by atoms with Crippen molar-refractivity contribution < 1.29 is 13.9 Å². The maximum atomic E-state index is 12.3. The lowest BCUT2D eigenvalue weighted by Gasteiger charge is -2.23. The number of terminal acetylenes is 1. The van der Waals surface area contributed by atoms with Gasteiger partial charge in [0.1, 0.15) is 5.56 Å². The average Bonchev–Trinajstić information content (AvgIpc) is 2.53. The van der Waals surface area contributed by atoms with Gasteiger partial charge in [-0.15, -0.1) is 6.42 Å². The first-order valence-corrected chi connectivity index (χ1v) is 6.85. The van der Waals surface area contributed by atoms with E-state index in [0.29, 0.717) is 23.1 Å². The Bertz CT molecular complexity index is 815. The highest BCUT2D eigenvalue weighted by atomic mass is 16.5. The molecule has 1 heterocycles. The van der Waals surface area contributed by atoms with E-state index in [1.54, 1.807) is 25.1 Å². The van der Waals surface area contributed by atoms with Crippen LogP contribution in [0.15, 0.2) is 33.5 Å². The van der Waals surface area contributed by atoms with E-state index in [1.165, 1.54) is 13.2 Å². The molecule has 0 radical (unpaired) electrons. The zero-order valence-corrected chi connectivity index (χ0v) is 12.7. The van der Waals surface area contributed by atoms with E-state index in [-0.39, 0.29) is 5.56 Å². The van der Waals surface area contributed by atoms with Crippen LogP contribution in [0.2, 0.25) is 0 Å². The van der Waals surface area contributed by atoms with E-state index in [4.69, 9.17) is 15.6 Å². The van der Waals surface area contributed by atoms with Crippen LogP contribution < -0.4 is 15.7 Å². The maximum absolute atomic E-state index is 12.3. The Kier molecular flexibility index (Phi) is 4.22. The van der Waals surface area contributed by atoms with Crippen molar-refractivity contribution in [3.05, 3.63) is 40.2 Å². The fourth-order valence-electron chi connectivity index (χ4n) is 1.98. The Morgan fingerprint density at radius 2 is 2.23 bits per heavy atom. The van der Waals surface area contributed by atoms with Gasteiger partial charge in [0.2, 0.25) is 0 Å². The first-order valence-electron chi connectivity index (χ1n) is 6.85. The molecule has 5 heteroatoms. The van der Waals surface area contributed by atoms with Gasteiger partial charge in [-0.05, 0) is 25.5 Å². The van der Waals surface area contributed by atoms with Gasteiger partial charge >= 0.3 is 5.63 Å². The number of hydrogen-bond donors (Lipinski definition) is 1. The summed E-state index contributed by atoms with van der Waals surface area (Å²) in [5.74, 6) is 2.40. The first-order chi connectivity index (χ1) is 10.4. The molecule has 0 aliphatic heterocycles. The maximum Gasteiger partial charge on any atom is 0.349 e. The number of carbonyl (C=O) groups is 1. The average molecular weight is 299 g/mol. The lowest BCUT2D eigenvalue weighted by Crippen LogP contribution is -2.45. The normalized spacial score (nSPS) is 13.2. The number of ether oxygens (including phenoxy) is 1. The number of nitrogens with one attached hydrogen (secondary N) is 1. The lowest BCUT2D eigenvalue weighted by molar-refractivity contribution is 0.0920. The van der Waals surface area contributed by atoms with Gasteiger partial charge in [-0.2, -0.15) is 0 Å². The summed E-state index contributed by atoms with van der Waals surface area (Å²) in [7, 11) is 1.48. The van der Waals surface area contributed by atoms with Crippen LogP contribution >= 0.6 is 0 Å². The second-order valence-corrected chi connectivity index (χ2v) is 5.11. The number of para-hydroxylation sites is 1. The van der Waals surface area contributed by atoms with E-state index in [0.717, 1.165) is 0 Å². The zero-order valence-electron chi connectivity index (χ0n) is 12.7. The van der Waals surface area contributed by atoms with Crippen LogP contribution in [0.4, 0.5) is 0 Å². The van der Waals surface area contributed by atoms with Gasteiger partial charge in [0.25, 0.3) is 5.91 Å². The van der Waals surface area contributed by atoms with Gasteiger partial charge in [0.05, 0.1) is 12.6 Å². The van der Waals surface area contributed by atoms with E-state index in [2.05, 4.69) is 11.2 Å². The van der Waals surface area contributed by atoms with E-state index >= 15 is 0 Å². The minimum absolute atomic E-state index is 0.0873. The molecule has 0 fully saturated rings. The van der Waals surface area contributed by atoms with Crippen molar-refractivity contribution in [2.24, 2.45) is 0 Å². The van der Waals surface area contributed by atoms with Crippen LogP contribution in [-0.2, 0) is 0 Å². The van der Waals surface area contributed by atoms with Gasteiger partial charge < -0.3 is 14.5 Å². The van der Waals surface area contributed by atoms with Crippen LogP contribution in [0.5, 0.6) is 5.75 Å². The summed E-state index contributed by atoms with van der Waals surface area (Å²) in [6.07, 6.45) is 5.97. The van der Waals surface area contributed by atoms with Crippen molar-refractivity contribution in [3.63, 3.8) is 0 Å². The van der Waals surface area contributed by atoms with Crippen molar-refractivity contribution in [2.45, 2.75) is 25.8 Å². The molecule has 0 bridgehead atoms. The highest BCUT2D eigenvalue weighted by molar-refractivity contribution is 5.97. The monoisotopic (exact) mass is 299 g/mol. The topological polar surface area (TPSA) is 68.5 Å². The van der Waals surface area contributed by atoms with E-state index in [1.807, 2.05) is 6.92 Å². The molecule has 1 aromatic carbocycles. The third-order valence-corrected chi connectivity index (χ3v) is 3.60. The van der Waals surface area contributed by atoms with Crippen molar-refractivity contribution in [1.82, 2.24) is 5.32 Å². The lowest BCUT2D eigenvalue weighted by atomic mass is 9.99. The quantitative estimate of drug-likeness (QED) is 0.695. The number of fused-ring (bicyclic) bond motifs is 1.